The maximum atomic E-state index is 13.6. The Morgan fingerprint density at radius 3 is 3.00 bits per heavy atom. The standard InChI is InChI=1S/C21H32N4O2/c1-16(2)25(18-7-6-9-22-14-18)21(26)19-13-17-8-10-23-15-20(17)24(19)11-4-5-12-27-3/h8,10,13,15-16,18,22H,4-7,9,11-12,14H2,1-3H3/t18-/m1/s1. The molecule has 27 heavy (non-hydrogen) atoms. The van der Waals surface area contributed by atoms with E-state index in [0.29, 0.717) is 0 Å². The number of aryl methyl sites for hydroxylation is 1. The number of nitrogens with one attached hydrogen (secondary N) is 1. The first-order valence-corrected chi connectivity index (χ1v) is 10.1. The van der Waals surface area contributed by atoms with Crippen LogP contribution in [0.5, 0.6) is 0 Å². The van der Waals surface area contributed by atoms with E-state index in [1.54, 1.807) is 13.3 Å². The third-order valence-electron chi connectivity index (χ3n) is 5.36. The summed E-state index contributed by atoms with van der Waals surface area (Å²) in [4.78, 5) is 19.9. The molecule has 6 heteroatoms. The van der Waals surface area contributed by atoms with Gasteiger partial charge in [-0.3, -0.25) is 9.78 Å². The second kappa shape index (κ2) is 9.33. The molecule has 1 atom stereocenters. The molecule has 0 spiro atoms. The van der Waals surface area contributed by atoms with Crippen molar-refractivity contribution in [3.05, 3.63) is 30.2 Å². The van der Waals surface area contributed by atoms with E-state index in [1.165, 1.54) is 0 Å². The summed E-state index contributed by atoms with van der Waals surface area (Å²) in [6.45, 7) is 7.68. The maximum absolute atomic E-state index is 13.6. The molecule has 0 radical (unpaired) electrons. The van der Waals surface area contributed by atoms with Gasteiger partial charge in [0.25, 0.3) is 5.91 Å². The third-order valence-corrected chi connectivity index (χ3v) is 5.36. The molecule has 1 N–H and O–H groups in total. The van der Waals surface area contributed by atoms with Crippen molar-refractivity contribution in [2.24, 2.45) is 0 Å². The highest BCUT2D eigenvalue weighted by molar-refractivity contribution is 5.99. The average Bonchev–Trinajstić information content (AvgIpc) is 3.05. The molecule has 2 aromatic rings. The largest absolute Gasteiger partial charge is 0.385 e. The Bertz CT molecular complexity index is 750. The second-order valence-corrected chi connectivity index (χ2v) is 7.62. The monoisotopic (exact) mass is 372 g/mol. The number of fused-ring (bicyclic) bond motifs is 1. The molecule has 3 heterocycles. The van der Waals surface area contributed by atoms with Crippen LogP contribution < -0.4 is 5.32 Å². The highest BCUT2D eigenvalue weighted by atomic mass is 16.5. The van der Waals surface area contributed by atoms with Gasteiger partial charge in [0.05, 0.1) is 11.7 Å². The van der Waals surface area contributed by atoms with Gasteiger partial charge >= 0.3 is 0 Å². The summed E-state index contributed by atoms with van der Waals surface area (Å²) in [6, 6.07) is 4.44. The predicted molar refractivity (Wildman–Crippen MR) is 108 cm³/mol. The minimum Gasteiger partial charge on any atom is -0.385 e. The van der Waals surface area contributed by atoms with Crippen LogP contribution in [0.1, 0.15) is 50.0 Å². The summed E-state index contributed by atoms with van der Waals surface area (Å²) in [5.41, 5.74) is 1.80. The number of unbranched alkanes of at least 4 members (excludes halogenated alkanes) is 1. The first-order valence-electron chi connectivity index (χ1n) is 10.1. The van der Waals surface area contributed by atoms with Crippen molar-refractivity contribution in [3.63, 3.8) is 0 Å². The maximum Gasteiger partial charge on any atom is 0.271 e. The van der Waals surface area contributed by atoms with Crippen LogP contribution in [0.2, 0.25) is 0 Å². The highest BCUT2D eigenvalue weighted by Crippen LogP contribution is 2.24. The molecule has 1 fully saturated rings. The molecular weight excluding hydrogens is 340 g/mol. The molecule has 1 saturated heterocycles. The second-order valence-electron chi connectivity index (χ2n) is 7.62. The summed E-state index contributed by atoms with van der Waals surface area (Å²) in [6.07, 6.45) is 7.78. The molecule has 0 saturated carbocycles. The number of ether oxygens (including phenoxy) is 1. The molecule has 0 aliphatic carbocycles. The van der Waals surface area contributed by atoms with Crippen molar-refractivity contribution in [3.8, 4) is 0 Å². The lowest BCUT2D eigenvalue weighted by molar-refractivity contribution is 0.0562. The van der Waals surface area contributed by atoms with Crippen LogP contribution in [0.3, 0.4) is 0 Å². The summed E-state index contributed by atoms with van der Waals surface area (Å²) in [5, 5.41) is 4.52. The fourth-order valence-corrected chi connectivity index (χ4v) is 4.06. The summed E-state index contributed by atoms with van der Waals surface area (Å²) < 4.78 is 7.32. The third kappa shape index (κ3) is 4.50. The Morgan fingerprint density at radius 2 is 2.30 bits per heavy atom. The summed E-state index contributed by atoms with van der Waals surface area (Å²) in [5.74, 6) is 0.127. The molecule has 1 aliphatic rings. The molecular formula is C21H32N4O2. The fraction of sp³-hybridized carbons (Fsp3) is 0.619. The van der Waals surface area contributed by atoms with E-state index in [0.717, 1.165) is 68.5 Å². The number of piperidine rings is 1. The molecule has 1 amide bonds. The number of nitrogens with zero attached hydrogens (tertiary/aromatic N) is 3. The summed E-state index contributed by atoms with van der Waals surface area (Å²) >= 11 is 0. The number of pyridine rings is 1. The van der Waals surface area contributed by atoms with Gasteiger partial charge in [-0.2, -0.15) is 0 Å². The number of hydrogen-bond acceptors (Lipinski definition) is 4. The van der Waals surface area contributed by atoms with Crippen LogP contribution in [0.15, 0.2) is 24.5 Å². The van der Waals surface area contributed by atoms with Crippen molar-refractivity contribution >= 4 is 16.8 Å². The van der Waals surface area contributed by atoms with Crippen molar-refractivity contribution in [1.82, 2.24) is 19.8 Å². The van der Waals surface area contributed by atoms with Gasteiger partial charge in [-0.15, -0.1) is 0 Å². The van der Waals surface area contributed by atoms with Gasteiger partial charge in [-0.05, 0) is 58.2 Å². The van der Waals surface area contributed by atoms with E-state index in [9.17, 15) is 4.79 Å². The van der Waals surface area contributed by atoms with Gasteiger partial charge in [0.1, 0.15) is 5.69 Å². The zero-order valence-corrected chi connectivity index (χ0v) is 16.8. The minimum absolute atomic E-state index is 0.127. The lowest BCUT2D eigenvalue weighted by Crippen LogP contribution is -2.52. The topological polar surface area (TPSA) is 59.4 Å². The molecule has 1 aliphatic heterocycles. The Hall–Kier alpha value is -1.92. The number of methoxy groups -OCH3 is 1. The zero-order valence-electron chi connectivity index (χ0n) is 16.8. The van der Waals surface area contributed by atoms with Gasteiger partial charge in [-0.25, -0.2) is 0 Å². The van der Waals surface area contributed by atoms with E-state index >= 15 is 0 Å². The van der Waals surface area contributed by atoms with Crippen molar-refractivity contribution in [2.75, 3.05) is 26.8 Å². The SMILES string of the molecule is COCCCCn1c(C(=O)N(C(C)C)[C@@H]2CCCNC2)cc2ccncc21. The Kier molecular flexibility index (Phi) is 6.85. The molecule has 3 rings (SSSR count). The van der Waals surface area contributed by atoms with Crippen LogP contribution >= 0.6 is 0 Å². The van der Waals surface area contributed by atoms with Gasteiger partial charge in [-0.1, -0.05) is 0 Å². The molecule has 0 aromatic carbocycles. The quantitative estimate of drug-likeness (QED) is 0.724. The number of carbonyl (C=O) groups is 1. The first-order chi connectivity index (χ1) is 13.1. The fourth-order valence-electron chi connectivity index (χ4n) is 4.06. The highest BCUT2D eigenvalue weighted by Gasteiger charge is 2.30. The summed E-state index contributed by atoms with van der Waals surface area (Å²) in [7, 11) is 1.72. The minimum atomic E-state index is 0.127. The number of carbonyl (C=O) groups excluding carboxylic acids is 1. The zero-order chi connectivity index (χ0) is 19.2. The predicted octanol–water partition coefficient (Wildman–Crippen LogP) is 3.07. The lowest BCUT2D eigenvalue weighted by Gasteiger charge is -2.37. The van der Waals surface area contributed by atoms with Crippen LogP contribution in [0, 0.1) is 0 Å². The van der Waals surface area contributed by atoms with Crippen LogP contribution in [0.4, 0.5) is 0 Å². The number of aromatic nitrogens is 2. The van der Waals surface area contributed by atoms with Crippen LogP contribution in [-0.4, -0.2) is 59.2 Å². The van der Waals surface area contributed by atoms with E-state index in [4.69, 9.17) is 4.74 Å². The average molecular weight is 373 g/mol. The van der Waals surface area contributed by atoms with E-state index in [1.807, 2.05) is 18.3 Å². The van der Waals surface area contributed by atoms with E-state index < -0.39 is 0 Å². The van der Waals surface area contributed by atoms with Gasteiger partial charge in [0.15, 0.2) is 0 Å². The van der Waals surface area contributed by atoms with Gasteiger partial charge in [0, 0.05) is 50.5 Å². The molecule has 2 aromatic heterocycles. The van der Waals surface area contributed by atoms with Crippen LogP contribution in [-0.2, 0) is 11.3 Å². The van der Waals surface area contributed by atoms with Crippen molar-refractivity contribution in [2.45, 2.75) is 58.2 Å². The van der Waals surface area contributed by atoms with E-state index in [-0.39, 0.29) is 18.0 Å². The molecule has 0 unspecified atom stereocenters. The van der Waals surface area contributed by atoms with Gasteiger partial charge in [0.2, 0.25) is 0 Å². The van der Waals surface area contributed by atoms with Crippen molar-refractivity contribution in [1.29, 1.82) is 0 Å². The van der Waals surface area contributed by atoms with Gasteiger partial charge < -0.3 is 19.5 Å². The Labute approximate surface area is 161 Å². The van der Waals surface area contributed by atoms with E-state index in [2.05, 4.69) is 33.6 Å². The normalized spacial score (nSPS) is 17.6. The first kappa shape index (κ1) is 19.8. The lowest BCUT2D eigenvalue weighted by atomic mass is 10.0. The molecule has 0 bridgehead atoms. The Balaban J connectivity index is 1.91. The van der Waals surface area contributed by atoms with Crippen molar-refractivity contribution < 1.29 is 9.53 Å². The number of hydrogen-bond donors (Lipinski definition) is 1. The number of amides is 1. The number of rotatable bonds is 8. The Morgan fingerprint density at radius 1 is 1.44 bits per heavy atom. The smallest absolute Gasteiger partial charge is 0.271 e. The molecule has 6 nitrogen and oxygen atoms in total. The van der Waals surface area contributed by atoms with Crippen LogP contribution in [0.25, 0.3) is 10.9 Å². The molecule has 148 valence electrons.